The Morgan fingerprint density at radius 1 is 1.55 bits per heavy atom. The number of rotatable bonds is 5. The van der Waals surface area contributed by atoms with E-state index in [9.17, 15) is 9.18 Å². The summed E-state index contributed by atoms with van der Waals surface area (Å²) >= 11 is 6.03. The molecule has 1 aromatic carbocycles. The third-order valence-corrected chi connectivity index (χ3v) is 4.29. The maximum atomic E-state index is 13.8. The van der Waals surface area contributed by atoms with E-state index in [-0.39, 0.29) is 23.6 Å². The van der Waals surface area contributed by atoms with Crippen LogP contribution in [0.1, 0.15) is 23.7 Å². The van der Waals surface area contributed by atoms with Crippen LogP contribution >= 0.6 is 11.6 Å². The van der Waals surface area contributed by atoms with Crippen LogP contribution in [0.4, 0.5) is 4.39 Å². The molecule has 1 amide bonds. The van der Waals surface area contributed by atoms with E-state index >= 15 is 0 Å². The second kappa shape index (κ2) is 6.04. The fourth-order valence-electron chi connectivity index (χ4n) is 2.63. The highest BCUT2D eigenvalue weighted by Crippen LogP contribution is 2.50. The predicted octanol–water partition coefficient (Wildman–Crippen LogP) is 2.30. The van der Waals surface area contributed by atoms with Gasteiger partial charge in [0.1, 0.15) is 18.0 Å². The van der Waals surface area contributed by atoms with Crippen molar-refractivity contribution in [3.8, 4) is 0 Å². The van der Waals surface area contributed by atoms with Crippen LogP contribution in [-0.2, 0) is 11.3 Å². The minimum absolute atomic E-state index is 0.0601. The van der Waals surface area contributed by atoms with Crippen LogP contribution in [0.2, 0.25) is 5.02 Å². The number of aryl methyl sites for hydroxylation is 1. The molecule has 7 heteroatoms. The molecule has 0 bridgehead atoms. The minimum Gasteiger partial charge on any atom is -0.354 e. The molecular weight excluding hydrogens is 307 g/mol. The van der Waals surface area contributed by atoms with Crippen molar-refractivity contribution in [3.63, 3.8) is 0 Å². The smallest absolute Gasteiger partial charge is 0.223 e. The summed E-state index contributed by atoms with van der Waals surface area (Å²) in [5.41, 5.74) is 0.457. The number of nitrogens with one attached hydrogen (secondary N) is 1. The van der Waals surface area contributed by atoms with Gasteiger partial charge in [0.15, 0.2) is 0 Å². The van der Waals surface area contributed by atoms with Crippen LogP contribution in [0, 0.1) is 18.7 Å². The molecule has 1 N–H and O–H groups in total. The van der Waals surface area contributed by atoms with Gasteiger partial charge >= 0.3 is 0 Å². The topological polar surface area (TPSA) is 59.8 Å². The Hall–Kier alpha value is -1.95. The lowest BCUT2D eigenvalue weighted by molar-refractivity contribution is -0.122. The number of nitrogens with zero attached hydrogens (tertiary/aromatic N) is 3. The summed E-state index contributed by atoms with van der Waals surface area (Å²) in [5, 5.41) is 10.9. The van der Waals surface area contributed by atoms with Crippen LogP contribution in [-0.4, -0.2) is 27.2 Å². The van der Waals surface area contributed by atoms with Crippen molar-refractivity contribution >= 4 is 17.5 Å². The molecule has 0 aliphatic heterocycles. The van der Waals surface area contributed by atoms with Gasteiger partial charge < -0.3 is 9.88 Å². The van der Waals surface area contributed by atoms with Crippen molar-refractivity contribution in [2.45, 2.75) is 25.8 Å². The van der Waals surface area contributed by atoms with Crippen LogP contribution in [0.25, 0.3) is 0 Å². The molecule has 3 rings (SSSR count). The summed E-state index contributed by atoms with van der Waals surface area (Å²) in [6, 6.07) is 4.60. The standard InChI is InChI=1S/C15H16ClFN4O/c1-9-20-19-8-21(9)6-5-18-15(22)11-7-10(11)14-12(16)3-2-4-13(14)17/h2-4,8,10-11H,5-7H2,1H3,(H,18,22)/t10-,11+/m1/s1. The van der Waals surface area contributed by atoms with Crippen molar-refractivity contribution in [2.75, 3.05) is 6.54 Å². The quantitative estimate of drug-likeness (QED) is 0.919. The summed E-state index contributed by atoms with van der Waals surface area (Å²) < 4.78 is 15.7. The zero-order valence-corrected chi connectivity index (χ0v) is 12.8. The van der Waals surface area contributed by atoms with Crippen molar-refractivity contribution < 1.29 is 9.18 Å². The van der Waals surface area contributed by atoms with E-state index in [0.717, 1.165) is 5.82 Å². The molecule has 1 aromatic heterocycles. The monoisotopic (exact) mass is 322 g/mol. The molecule has 116 valence electrons. The highest BCUT2D eigenvalue weighted by Gasteiger charge is 2.46. The molecular formula is C15H16ClFN4O. The summed E-state index contributed by atoms with van der Waals surface area (Å²) in [4.78, 5) is 12.1. The summed E-state index contributed by atoms with van der Waals surface area (Å²) in [5.74, 6) is 0.0846. The van der Waals surface area contributed by atoms with Gasteiger partial charge in [-0.3, -0.25) is 4.79 Å². The third-order valence-electron chi connectivity index (χ3n) is 3.96. The van der Waals surface area contributed by atoms with Gasteiger partial charge in [-0.2, -0.15) is 0 Å². The number of amides is 1. The van der Waals surface area contributed by atoms with Crippen molar-refractivity contribution in [1.29, 1.82) is 0 Å². The molecule has 1 fully saturated rings. The molecule has 0 saturated heterocycles. The van der Waals surface area contributed by atoms with Crippen LogP contribution in [0.15, 0.2) is 24.5 Å². The number of aromatic nitrogens is 3. The molecule has 5 nitrogen and oxygen atoms in total. The molecule has 2 aromatic rings. The van der Waals surface area contributed by atoms with Gasteiger partial charge in [0.2, 0.25) is 5.91 Å². The highest BCUT2D eigenvalue weighted by atomic mass is 35.5. The number of carbonyl (C=O) groups excluding carboxylic acids is 1. The number of benzene rings is 1. The fraction of sp³-hybridized carbons (Fsp3) is 0.400. The average molecular weight is 323 g/mol. The maximum Gasteiger partial charge on any atom is 0.223 e. The van der Waals surface area contributed by atoms with E-state index in [2.05, 4.69) is 15.5 Å². The SMILES string of the molecule is Cc1nncn1CCNC(=O)[C@H]1C[C@H]1c1c(F)cccc1Cl. The van der Waals surface area contributed by atoms with Crippen molar-refractivity contribution in [2.24, 2.45) is 5.92 Å². The Bertz CT molecular complexity index is 682. The Labute approximate surface area is 132 Å². The second-order valence-electron chi connectivity index (χ2n) is 5.45. The third kappa shape index (κ3) is 2.97. The molecule has 0 radical (unpaired) electrons. The predicted molar refractivity (Wildman–Crippen MR) is 80.0 cm³/mol. The van der Waals surface area contributed by atoms with E-state index < -0.39 is 0 Å². The molecule has 1 saturated carbocycles. The van der Waals surface area contributed by atoms with Crippen LogP contribution in [0.3, 0.4) is 0 Å². The first kappa shape index (κ1) is 15.0. The van der Waals surface area contributed by atoms with Gasteiger partial charge in [0, 0.05) is 35.5 Å². The molecule has 1 heterocycles. The van der Waals surface area contributed by atoms with Crippen molar-refractivity contribution in [3.05, 3.63) is 46.8 Å². The average Bonchev–Trinajstić information content (AvgIpc) is 3.15. The largest absolute Gasteiger partial charge is 0.354 e. The Morgan fingerprint density at radius 3 is 3.05 bits per heavy atom. The number of halogens is 2. The normalized spacial score (nSPS) is 20.0. The van der Waals surface area contributed by atoms with Gasteiger partial charge in [0.05, 0.1) is 0 Å². The lowest BCUT2D eigenvalue weighted by Crippen LogP contribution is -2.29. The van der Waals surface area contributed by atoms with Gasteiger partial charge in [-0.1, -0.05) is 17.7 Å². The maximum absolute atomic E-state index is 13.8. The summed E-state index contributed by atoms with van der Waals surface area (Å²) in [6.45, 7) is 2.96. The molecule has 0 unspecified atom stereocenters. The first-order chi connectivity index (χ1) is 10.6. The lowest BCUT2D eigenvalue weighted by Gasteiger charge is -2.07. The lowest BCUT2D eigenvalue weighted by atomic mass is 10.1. The Kier molecular flexibility index (Phi) is 4.11. The first-order valence-electron chi connectivity index (χ1n) is 7.14. The van der Waals surface area contributed by atoms with Gasteiger partial charge in [-0.15, -0.1) is 10.2 Å². The van der Waals surface area contributed by atoms with E-state index in [1.165, 1.54) is 6.07 Å². The zero-order valence-electron chi connectivity index (χ0n) is 12.1. The van der Waals surface area contributed by atoms with E-state index in [4.69, 9.17) is 11.6 Å². The Morgan fingerprint density at radius 2 is 2.36 bits per heavy atom. The Balaban J connectivity index is 1.54. The van der Waals surface area contributed by atoms with Gasteiger partial charge in [-0.25, -0.2) is 4.39 Å². The van der Waals surface area contributed by atoms with E-state index in [1.807, 2.05) is 11.5 Å². The fourth-order valence-corrected chi connectivity index (χ4v) is 2.93. The van der Waals surface area contributed by atoms with Gasteiger partial charge in [-0.05, 0) is 25.5 Å². The van der Waals surface area contributed by atoms with E-state index in [1.54, 1.807) is 18.5 Å². The van der Waals surface area contributed by atoms with Crippen LogP contribution in [0.5, 0.6) is 0 Å². The highest BCUT2D eigenvalue weighted by molar-refractivity contribution is 6.31. The molecule has 1 aliphatic rings. The first-order valence-corrected chi connectivity index (χ1v) is 7.51. The zero-order chi connectivity index (χ0) is 15.7. The number of hydrogen-bond donors (Lipinski definition) is 1. The summed E-state index contributed by atoms with van der Waals surface area (Å²) in [6.07, 6.45) is 2.26. The minimum atomic E-state index is -0.340. The number of carbonyl (C=O) groups is 1. The van der Waals surface area contributed by atoms with Crippen molar-refractivity contribution in [1.82, 2.24) is 20.1 Å². The summed E-state index contributed by atoms with van der Waals surface area (Å²) in [7, 11) is 0. The molecule has 1 aliphatic carbocycles. The molecule has 22 heavy (non-hydrogen) atoms. The number of hydrogen-bond acceptors (Lipinski definition) is 3. The van der Waals surface area contributed by atoms with Gasteiger partial charge in [0.25, 0.3) is 0 Å². The second-order valence-corrected chi connectivity index (χ2v) is 5.85. The van der Waals surface area contributed by atoms with E-state index in [0.29, 0.717) is 30.1 Å². The van der Waals surface area contributed by atoms with Crippen LogP contribution < -0.4 is 5.32 Å². The molecule has 2 atom stereocenters. The molecule has 0 spiro atoms.